The minimum absolute atomic E-state index is 0.0649. The lowest BCUT2D eigenvalue weighted by Crippen LogP contribution is -2.51. The molecule has 11 heteroatoms. The van der Waals surface area contributed by atoms with E-state index in [-0.39, 0.29) is 17.5 Å². The number of rotatable bonds is 7. The smallest absolute Gasteiger partial charge is 0.283 e. The highest BCUT2D eigenvalue weighted by Crippen LogP contribution is 2.38. The first kappa shape index (κ1) is 24.9. The Kier molecular flexibility index (Phi) is 7.16. The van der Waals surface area contributed by atoms with Gasteiger partial charge in [0.2, 0.25) is 0 Å². The molecular weight excluding hydrogens is 482 g/mol. The van der Waals surface area contributed by atoms with Gasteiger partial charge >= 0.3 is 0 Å². The summed E-state index contributed by atoms with van der Waals surface area (Å²) in [6.07, 6.45) is -0.710. The fourth-order valence-corrected chi connectivity index (χ4v) is 4.90. The number of nitrogens with zero attached hydrogens (tertiary/aromatic N) is 1. The molecule has 2 aliphatic heterocycles. The van der Waals surface area contributed by atoms with E-state index in [0.29, 0.717) is 30.9 Å². The molecule has 2 aliphatic rings. The van der Waals surface area contributed by atoms with Crippen molar-refractivity contribution in [2.45, 2.75) is 43.9 Å². The third-order valence-corrected chi connectivity index (χ3v) is 6.75. The third-order valence-electron chi connectivity index (χ3n) is 6.04. The van der Waals surface area contributed by atoms with Crippen molar-refractivity contribution in [1.82, 2.24) is 9.62 Å². The van der Waals surface area contributed by atoms with Gasteiger partial charge in [0.25, 0.3) is 11.8 Å². The van der Waals surface area contributed by atoms with Gasteiger partial charge in [-0.2, -0.15) is 0 Å². The zero-order valence-corrected chi connectivity index (χ0v) is 18.9. The van der Waals surface area contributed by atoms with Crippen LogP contribution in [0.3, 0.4) is 0 Å². The van der Waals surface area contributed by atoms with Crippen molar-refractivity contribution < 1.29 is 35.9 Å². The molecule has 1 unspecified atom stereocenters. The number of likely N-dealkylation sites (tertiary alicyclic amines) is 1. The first-order valence-electron chi connectivity index (χ1n) is 10.7. The minimum Gasteiger partial charge on any atom is -0.368 e. The normalized spacial score (nSPS) is 23.7. The van der Waals surface area contributed by atoms with E-state index in [1.54, 1.807) is 6.92 Å². The van der Waals surface area contributed by atoms with Crippen molar-refractivity contribution in [2.75, 3.05) is 18.9 Å². The maximum Gasteiger partial charge on any atom is 0.283 e. The number of carbonyl (C=O) groups is 1. The van der Waals surface area contributed by atoms with E-state index >= 15 is 4.39 Å². The SMILES string of the molecule is CCSN[C@@H]1[C@H](Cc2cccc(-c3cc(F)c(F)cc3F)c2F)N(C(=O)C2CCO2)CC1(F)F. The fourth-order valence-electron chi connectivity index (χ4n) is 4.23. The van der Waals surface area contributed by atoms with E-state index < -0.39 is 65.4 Å². The van der Waals surface area contributed by atoms with Crippen LogP contribution in [-0.4, -0.2) is 53.8 Å². The summed E-state index contributed by atoms with van der Waals surface area (Å²) in [6, 6.07) is 2.16. The highest BCUT2D eigenvalue weighted by molar-refractivity contribution is 7.97. The van der Waals surface area contributed by atoms with Gasteiger partial charge in [0, 0.05) is 29.4 Å². The highest BCUT2D eigenvalue weighted by Gasteiger charge is 2.57. The molecule has 2 aromatic rings. The van der Waals surface area contributed by atoms with Crippen LogP contribution in [0.5, 0.6) is 0 Å². The molecule has 1 amide bonds. The lowest BCUT2D eigenvalue weighted by Gasteiger charge is -2.34. The number of alkyl halides is 2. The Labute approximate surface area is 196 Å². The van der Waals surface area contributed by atoms with Crippen molar-refractivity contribution in [3.05, 3.63) is 59.2 Å². The maximum absolute atomic E-state index is 15.4. The van der Waals surface area contributed by atoms with Gasteiger partial charge in [-0.25, -0.2) is 26.3 Å². The number of hydrogen-bond acceptors (Lipinski definition) is 4. The molecule has 184 valence electrons. The summed E-state index contributed by atoms with van der Waals surface area (Å²) in [5.41, 5.74) is -0.904. The van der Waals surface area contributed by atoms with Gasteiger partial charge in [-0.3, -0.25) is 9.52 Å². The van der Waals surface area contributed by atoms with Crippen LogP contribution in [0.15, 0.2) is 30.3 Å². The largest absolute Gasteiger partial charge is 0.368 e. The number of halogens is 6. The van der Waals surface area contributed by atoms with Gasteiger partial charge in [-0.15, -0.1) is 0 Å². The first-order valence-corrected chi connectivity index (χ1v) is 11.7. The van der Waals surface area contributed by atoms with Crippen molar-refractivity contribution >= 4 is 17.9 Å². The van der Waals surface area contributed by atoms with Crippen LogP contribution in [0.2, 0.25) is 0 Å². The zero-order chi connectivity index (χ0) is 24.6. The number of carbonyl (C=O) groups excluding carboxylic acids is 1. The van der Waals surface area contributed by atoms with E-state index in [1.807, 2.05) is 0 Å². The van der Waals surface area contributed by atoms with Crippen molar-refractivity contribution in [3.63, 3.8) is 0 Å². The highest BCUT2D eigenvalue weighted by atomic mass is 32.2. The van der Waals surface area contributed by atoms with Crippen LogP contribution >= 0.6 is 11.9 Å². The molecule has 2 fully saturated rings. The van der Waals surface area contributed by atoms with Crippen LogP contribution in [0.1, 0.15) is 18.9 Å². The van der Waals surface area contributed by atoms with Crippen molar-refractivity contribution in [3.8, 4) is 11.1 Å². The molecule has 0 spiro atoms. The minimum atomic E-state index is -3.29. The second-order valence-corrected chi connectivity index (χ2v) is 9.30. The van der Waals surface area contributed by atoms with Crippen molar-refractivity contribution in [2.24, 2.45) is 0 Å². The predicted octanol–water partition coefficient (Wildman–Crippen LogP) is 4.71. The van der Waals surface area contributed by atoms with Crippen LogP contribution in [0.4, 0.5) is 26.3 Å². The molecule has 3 atom stereocenters. The molecule has 2 heterocycles. The van der Waals surface area contributed by atoms with Gasteiger partial charge < -0.3 is 9.64 Å². The molecule has 2 aromatic carbocycles. The van der Waals surface area contributed by atoms with Crippen molar-refractivity contribution in [1.29, 1.82) is 0 Å². The molecule has 4 nitrogen and oxygen atoms in total. The molecular formula is C23H22F6N2O2S. The van der Waals surface area contributed by atoms with E-state index in [2.05, 4.69) is 4.72 Å². The predicted molar refractivity (Wildman–Crippen MR) is 115 cm³/mol. The Morgan fingerprint density at radius 3 is 2.50 bits per heavy atom. The number of amides is 1. The second-order valence-electron chi connectivity index (χ2n) is 8.20. The Morgan fingerprint density at radius 1 is 1.15 bits per heavy atom. The average molecular weight is 504 g/mol. The summed E-state index contributed by atoms with van der Waals surface area (Å²) in [5.74, 6) is -8.29. The molecule has 34 heavy (non-hydrogen) atoms. The van der Waals surface area contributed by atoms with E-state index in [1.165, 1.54) is 18.2 Å². The lowest BCUT2D eigenvalue weighted by atomic mass is 9.94. The van der Waals surface area contributed by atoms with E-state index in [9.17, 15) is 26.7 Å². The van der Waals surface area contributed by atoms with Gasteiger partial charge in [-0.05, 0) is 18.1 Å². The molecule has 4 rings (SSSR count). The number of hydrogen-bond donors (Lipinski definition) is 1. The Morgan fingerprint density at radius 2 is 1.85 bits per heavy atom. The second kappa shape index (κ2) is 9.79. The Hall–Kier alpha value is -2.24. The monoisotopic (exact) mass is 504 g/mol. The quantitative estimate of drug-likeness (QED) is 0.337. The number of benzene rings is 2. The van der Waals surface area contributed by atoms with E-state index in [0.717, 1.165) is 16.8 Å². The molecule has 0 saturated carbocycles. The molecule has 0 bridgehead atoms. The average Bonchev–Trinajstić information content (AvgIpc) is 2.99. The molecule has 2 saturated heterocycles. The van der Waals surface area contributed by atoms with Gasteiger partial charge in [0.1, 0.15) is 23.8 Å². The Balaban J connectivity index is 1.70. The summed E-state index contributed by atoms with van der Waals surface area (Å²) in [7, 11) is 0. The number of ether oxygens (including phenoxy) is 1. The van der Waals surface area contributed by atoms with Crippen LogP contribution in [0.25, 0.3) is 11.1 Å². The zero-order valence-electron chi connectivity index (χ0n) is 18.1. The van der Waals surface area contributed by atoms with E-state index in [4.69, 9.17) is 4.74 Å². The van der Waals surface area contributed by atoms with Crippen LogP contribution in [-0.2, 0) is 16.0 Å². The molecule has 0 radical (unpaired) electrons. The van der Waals surface area contributed by atoms with Crippen LogP contribution in [0, 0.1) is 23.3 Å². The Bertz CT molecular complexity index is 1080. The van der Waals surface area contributed by atoms with Crippen LogP contribution < -0.4 is 4.72 Å². The topological polar surface area (TPSA) is 41.6 Å². The number of nitrogens with one attached hydrogen (secondary N) is 1. The standard InChI is InChI=1S/C23H22F6N2O2S/c1-2-34-30-21-18(31(11-23(21,28)29)22(32)19-6-7-33-19)8-12-4-3-5-13(20(12)27)14-9-16(25)17(26)10-15(14)24/h3-5,9-10,18-19,21,30H,2,6-8,11H2,1H3/t18-,19?,21+/m0/s1. The summed E-state index contributed by atoms with van der Waals surface area (Å²) in [6.45, 7) is 1.27. The summed E-state index contributed by atoms with van der Waals surface area (Å²) >= 11 is 1.05. The van der Waals surface area contributed by atoms with Gasteiger partial charge in [-0.1, -0.05) is 37.1 Å². The van der Waals surface area contributed by atoms with Gasteiger partial charge in [0.15, 0.2) is 11.6 Å². The summed E-state index contributed by atoms with van der Waals surface area (Å²) in [4.78, 5) is 13.9. The molecule has 1 N–H and O–H groups in total. The first-order chi connectivity index (χ1) is 16.1. The van der Waals surface area contributed by atoms with Gasteiger partial charge in [0.05, 0.1) is 19.2 Å². The maximum atomic E-state index is 15.4. The third kappa shape index (κ3) is 4.65. The summed E-state index contributed by atoms with van der Waals surface area (Å²) < 4.78 is 94.5. The molecule has 0 aromatic heterocycles. The summed E-state index contributed by atoms with van der Waals surface area (Å²) in [5, 5.41) is 0. The fraction of sp³-hybridized carbons (Fsp3) is 0.435. The molecule has 0 aliphatic carbocycles. The lowest BCUT2D eigenvalue weighted by molar-refractivity contribution is -0.158.